The van der Waals surface area contributed by atoms with Crippen LogP contribution in [0.15, 0.2) is 4.99 Å². The summed E-state index contributed by atoms with van der Waals surface area (Å²) < 4.78 is 0. The van der Waals surface area contributed by atoms with E-state index in [1.807, 2.05) is 0 Å². The second kappa shape index (κ2) is 2.74. The van der Waals surface area contributed by atoms with Gasteiger partial charge in [0.25, 0.3) is 0 Å². The summed E-state index contributed by atoms with van der Waals surface area (Å²) in [6.45, 7) is 4.45. The Morgan fingerprint density at radius 2 is 2.22 bits per heavy atom. The third-order valence-electron chi connectivity index (χ3n) is 1.90. The molecule has 1 aliphatic rings. The van der Waals surface area contributed by atoms with Gasteiger partial charge < -0.3 is 0 Å². The van der Waals surface area contributed by atoms with Gasteiger partial charge in [-0.3, -0.25) is 4.99 Å². The fraction of sp³-hybridized carbons (Fsp3) is 0.857. The van der Waals surface area contributed by atoms with Gasteiger partial charge in [0.2, 0.25) is 0 Å². The van der Waals surface area contributed by atoms with Gasteiger partial charge in [0.1, 0.15) is 0 Å². The molecule has 1 heterocycles. The van der Waals surface area contributed by atoms with Crippen molar-refractivity contribution in [1.82, 2.24) is 0 Å². The van der Waals surface area contributed by atoms with E-state index in [2.05, 4.69) is 25.1 Å². The number of thioether (sulfide) groups is 1. The van der Waals surface area contributed by atoms with Crippen LogP contribution in [0.1, 0.15) is 20.3 Å². The molecule has 1 nitrogen and oxygen atoms in total. The van der Waals surface area contributed by atoms with Gasteiger partial charge in [0.15, 0.2) is 0 Å². The van der Waals surface area contributed by atoms with Gasteiger partial charge in [-0.05, 0) is 25.5 Å². The predicted molar refractivity (Wildman–Crippen MR) is 44.2 cm³/mol. The topological polar surface area (TPSA) is 12.4 Å². The summed E-state index contributed by atoms with van der Waals surface area (Å²) in [6, 6.07) is 0.562. The molecule has 0 bridgehead atoms. The smallest absolute Gasteiger partial charge is 0.0680 e. The number of nitrogens with zero attached hydrogens (tertiary/aromatic N) is 1. The lowest BCUT2D eigenvalue weighted by Crippen LogP contribution is -2.03. The van der Waals surface area contributed by atoms with Crippen molar-refractivity contribution in [1.29, 1.82) is 0 Å². The van der Waals surface area contributed by atoms with Crippen LogP contribution in [-0.2, 0) is 0 Å². The number of aliphatic imine (C=N–C) groups is 1. The minimum Gasteiger partial charge on any atom is -0.280 e. The maximum atomic E-state index is 4.47. The Kier molecular flexibility index (Phi) is 2.17. The SMILES string of the molecule is CSC1=NC(C)C(C)C1. The Morgan fingerprint density at radius 3 is 2.44 bits per heavy atom. The molecule has 0 radical (unpaired) electrons. The largest absolute Gasteiger partial charge is 0.280 e. The molecule has 0 amide bonds. The molecule has 1 aliphatic heterocycles. The summed E-state index contributed by atoms with van der Waals surface area (Å²) in [4.78, 5) is 4.47. The lowest BCUT2D eigenvalue weighted by Gasteiger charge is -2.03. The fourth-order valence-electron chi connectivity index (χ4n) is 0.989. The first-order valence-corrected chi connectivity index (χ1v) is 4.57. The second-order valence-corrected chi connectivity index (χ2v) is 3.53. The van der Waals surface area contributed by atoms with Crippen molar-refractivity contribution in [3.63, 3.8) is 0 Å². The summed E-state index contributed by atoms with van der Waals surface area (Å²) in [5.41, 5.74) is 0. The highest BCUT2D eigenvalue weighted by molar-refractivity contribution is 8.13. The lowest BCUT2D eigenvalue weighted by molar-refractivity contribution is 0.540. The molecule has 1 rings (SSSR count). The molecule has 0 saturated heterocycles. The van der Waals surface area contributed by atoms with Gasteiger partial charge in [-0.1, -0.05) is 6.92 Å². The predicted octanol–water partition coefficient (Wildman–Crippen LogP) is 2.18. The molecule has 0 aliphatic carbocycles. The van der Waals surface area contributed by atoms with Crippen LogP contribution in [0, 0.1) is 5.92 Å². The van der Waals surface area contributed by atoms with Crippen molar-refractivity contribution in [2.75, 3.05) is 6.26 Å². The van der Waals surface area contributed by atoms with E-state index in [0.29, 0.717) is 6.04 Å². The lowest BCUT2D eigenvalue weighted by atomic mass is 10.1. The van der Waals surface area contributed by atoms with Gasteiger partial charge in [0, 0.05) is 0 Å². The molecule has 2 heteroatoms. The van der Waals surface area contributed by atoms with Crippen LogP contribution in [0.5, 0.6) is 0 Å². The van der Waals surface area contributed by atoms with Crippen molar-refractivity contribution < 1.29 is 0 Å². The second-order valence-electron chi connectivity index (χ2n) is 2.65. The van der Waals surface area contributed by atoms with E-state index in [4.69, 9.17) is 0 Å². The van der Waals surface area contributed by atoms with Crippen molar-refractivity contribution in [3.8, 4) is 0 Å². The van der Waals surface area contributed by atoms with Crippen molar-refractivity contribution in [3.05, 3.63) is 0 Å². The molecule has 0 spiro atoms. The summed E-state index contributed by atoms with van der Waals surface area (Å²) in [7, 11) is 0. The normalized spacial score (nSPS) is 34.8. The molecular weight excluding hydrogens is 130 g/mol. The van der Waals surface area contributed by atoms with Crippen molar-refractivity contribution in [2.45, 2.75) is 26.3 Å². The molecular formula is C7H13NS. The highest BCUT2D eigenvalue weighted by Crippen LogP contribution is 2.24. The summed E-state index contributed by atoms with van der Waals surface area (Å²) >= 11 is 1.79. The third-order valence-corrected chi connectivity index (χ3v) is 2.65. The average Bonchev–Trinajstić information content (AvgIpc) is 2.13. The van der Waals surface area contributed by atoms with Gasteiger partial charge in [-0.15, -0.1) is 11.8 Å². The van der Waals surface area contributed by atoms with Gasteiger partial charge in [0.05, 0.1) is 11.1 Å². The molecule has 0 fully saturated rings. The minimum atomic E-state index is 0.562. The zero-order valence-corrected chi connectivity index (χ0v) is 7.03. The van der Waals surface area contributed by atoms with Crippen LogP contribution in [0.25, 0.3) is 0 Å². The monoisotopic (exact) mass is 143 g/mol. The third kappa shape index (κ3) is 1.48. The molecule has 52 valence electrons. The summed E-state index contributed by atoms with van der Waals surface area (Å²) in [6.07, 6.45) is 3.30. The fourth-order valence-corrected chi connectivity index (χ4v) is 1.69. The van der Waals surface area contributed by atoms with Crippen LogP contribution in [0.2, 0.25) is 0 Å². The van der Waals surface area contributed by atoms with Crippen LogP contribution in [0.3, 0.4) is 0 Å². The van der Waals surface area contributed by atoms with E-state index in [-0.39, 0.29) is 0 Å². The summed E-state index contributed by atoms with van der Waals surface area (Å²) in [5, 5.41) is 1.33. The van der Waals surface area contributed by atoms with Crippen molar-refractivity contribution >= 4 is 16.8 Å². The molecule has 2 unspecified atom stereocenters. The first kappa shape index (κ1) is 7.13. The van der Waals surface area contributed by atoms with Crippen LogP contribution in [0.4, 0.5) is 0 Å². The van der Waals surface area contributed by atoms with E-state index in [1.165, 1.54) is 11.5 Å². The van der Waals surface area contributed by atoms with Gasteiger partial charge in [-0.25, -0.2) is 0 Å². The first-order valence-electron chi connectivity index (χ1n) is 3.34. The van der Waals surface area contributed by atoms with Crippen LogP contribution in [-0.4, -0.2) is 17.3 Å². The zero-order chi connectivity index (χ0) is 6.85. The molecule has 2 atom stereocenters. The van der Waals surface area contributed by atoms with E-state index >= 15 is 0 Å². The number of hydrogen-bond acceptors (Lipinski definition) is 2. The van der Waals surface area contributed by atoms with Crippen molar-refractivity contribution in [2.24, 2.45) is 10.9 Å². The number of rotatable bonds is 0. The first-order chi connectivity index (χ1) is 4.24. The van der Waals surface area contributed by atoms with Gasteiger partial charge >= 0.3 is 0 Å². The molecule has 0 saturated carbocycles. The molecule has 0 aromatic heterocycles. The van der Waals surface area contributed by atoms with E-state index in [9.17, 15) is 0 Å². The average molecular weight is 143 g/mol. The quantitative estimate of drug-likeness (QED) is 0.506. The van der Waals surface area contributed by atoms with E-state index < -0.39 is 0 Å². The Hall–Kier alpha value is 0.0200. The highest BCUT2D eigenvalue weighted by Gasteiger charge is 2.20. The van der Waals surface area contributed by atoms with Gasteiger partial charge in [-0.2, -0.15) is 0 Å². The molecule has 0 aromatic rings. The maximum Gasteiger partial charge on any atom is 0.0680 e. The molecule has 0 N–H and O–H groups in total. The standard InChI is InChI=1S/C7H13NS/c1-5-4-7(9-3)8-6(5)2/h5-6H,4H2,1-3H3. The minimum absolute atomic E-state index is 0.562. The van der Waals surface area contributed by atoms with Crippen LogP contribution < -0.4 is 0 Å². The highest BCUT2D eigenvalue weighted by atomic mass is 32.2. The zero-order valence-electron chi connectivity index (χ0n) is 6.22. The molecule has 9 heavy (non-hydrogen) atoms. The Labute approximate surface area is 60.9 Å². The maximum absolute atomic E-state index is 4.47. The van der Waals surface area contributed by atoms with E-state index in [0.717, 1.165) is 5.92 Å². The number of hydrogen-bond donors (Lipinski definition) is 0. The van der Waals surface area contributed by atoms with E-state index in [1.54, 1.807) is 11.8 Å². The summed E-state index contributed by atoms with van der Waals surface area (Å²) in [5.74, 6) is 0.771. The Balaban J connectivity index is 2.52. The van der Waals surface area contributed by atoms with Crippen LogP contribution >= 0.6 is 11.8 Å². The Morgan fingerprint density at radius 1 is 1.56 bits per heavy atom. The Bertz CT molecular complexity index is 131. The molecule has 0 aromatic carbocycles.